The molecule has 1 aliphatic rings. The number of nitrogens with zero attached hydrogens (tertiary/aromatic N) is 4. The monoisotopic (exact) mass is 561 g/mol. The van der Waals surface area contributed by atoms with Crippen molar-refractivity contribution in [2.75, 3.05) is 31.0 Å². The van der Waals surface area contributed by atoms with E-state index in [1.54, 1.807) is 7.11 Å². The maximum absolute atomic E-state index is 6.08. The second kappa shape index (κ2) is 11.3. The molecule has 0 aliphatic carbocycles. The third-order valence-corrected chi connectivity index (χ3v) is 7.55. The summed E-state index contributed by atoms with van der Waals surface area (Å²) in [6.45, 7) is 0. The maximum Gasteiger partial charge on any atom is 0.174 e. The molecule has 1 fully saturated rings. The molecule has 0 saturated carbocycles. The van der Waals surface area contributed by atoms with Crippen LogP contribution in [0.15, 0.2) is 116 Å². The van der Waals surface area contributed by atoms with E-state index in [0.717, 1.165) is 45.7 Å². The van der Waals surface area contributed by atoms with Gasteiger partial charge in [-0.05, 0) is 109 Å². The van der Waals surface area contributed by atoms with Gasteiger partial charge in [0.1, 0.15) is 23.3 Å². The lowest BCUT2D eigenvalue weighted by Crippen LogP contribution is -2.30. The molecule has 3 heterocycles. The number of methoxy groups -OCH3 is 1. The fourth-order valence-electron chi connectivity index (χ4n) is 5.17. The number of rotatable bonds is 8. The van der Waals surface area contributed by atoms with Crippen molar-refractivity contribution in [2.45, 2.75) is 12.1 Å². The van der Waals surface area contributed by atoms with E-state index in [1.807, 2.05) is 87.0 Å². The number of aromatic nitrogens is 2. The van der Waals surface area contributed by atoms with Crippen LogP contribution in [-0.2, 0) is 0 Å². The molecule has 0 bridgehead atoms. The van der Waals surface area contributed by atoms with Crippen molar-refractivity contribution < 1.29 is 9.47 Å². The van der Waals surface area contributed by atoms with E-state index in [0.29, 0.717) is 5.11 Å². The summed E-state index contributed by atoms with van der Waals surface area (Å²) in [5.41, 5.74) is 5.22. The second-order valence-electron chi connectivity index (χ2n) is 9.98. The van der Waals surface area contributed by atoms with Gasteiger partial charge in [-0.1, -0.05) is 6.07 Å². The largest absolute Gasteiger partial charge is 0.497 e. The van der Waals surface area contributed by atoms with Crippen molar-refractivity contribution >= 4 is 28.7 Å². The molecule has 206 valence electrons. The Labute approximate surface area is 245 Å². The molecule has 0 spiro atoms. The summed E-state index contributed by atoms with van der Waals surface area (Å²) < 4.78 is 13.5. The van der Waals surface area contributed by atoms with Gasteiger partial charge in [0, 0.05) is 49.2 Å². The summed E-state index contributed by atoms with van der Waals surface area (Å²) in [4.78, 5) is 8.97. The van der Waals surface area contributed by atoms with Crippen molar-refractivity contribution in [2.24, 2.45) is 0 Å². The third-order valence-electron chi connectivity index (χ3n) is 7.24. The molecule has 5 aromatic rings. The fraction of sp³-hybridized carbons (Fsp3) is 0.152. The Morgan fingerprint density at radius 3 is 2.07 bits per heavy atom. The lowest BCUT2D eigenvalue weighted by Gasteiger charge is -2.29. The number of hydrogen-bond donors (Lipinski definition) is 1. The summed E-state index contributed by atoms with van der Waals surface area (Å²) in [6, 6.07) is 34.0. The summed E-state index contributed by atoms with van der Waals surface area (Å²) in [5, 5.41) is 4.20. The number of hydrogen-bond acceptors (Lipinski definition) is 5. The van der Waals surface area contributed by atoms with Gasteiger partial charge in [-0.3, -0.25) is 4.98 Å². The highest BCUT2D eigenvalue weighted by molar-refractivity contribution is 7.80. The lowest BCUT2D eigenvalue weighted by atomic mass is 10.0. The number of nitrogens with one attached hydrogen (secondary N) is 1. The van der Waals surface area contributed by atoms with Crippen LogP contribution >= 0.6 is 12.2 Å². The molecule has 1 N–H and O–H groups in total. The van der Waals surface area contributed by atoms with Crippen LogP contribution in [0.4, 0.5) is 11.4 Å². The molecule has 8 heteroatoms. The van der Waals surface area contributed by atoms with Crippen LogP contribution in [0, 0.1) is 0 Å². The zero-order valence-electron chi connectivity index (χ0n) is 23.1. The van der Waals surface area contributed by atoms with Crippen LogP contribution in [0.2, 0.25) is 0 Å². The second-order valence-corrected chi connectivity index (χ2v) is 10.4. The molecule has 0 radical (unpaired) electrons. The van der Waals surface area contributed by atoms with Crippen LogP contribution in [0.25, 0.3) is 5.69 Å². The van der Waals surface area contributed by atoms with Crippen LogP contribution in [0.1, 0.15) is 23.5 Å². The Balaban J connectivity index is 1.36. The van der Waals surface area contributed by atoms with E-state index in [1.165, 1.54) is 0 Å². The van der Waals surface area contributed by atoms with Gasteiger partial charge in [0.15, 0.2) is 5.11 Å². The van der Waals surface area contributed by atoms with Crippen LogP contribution in [0.3, 0.4) is 0 Å². The van der Waals surface area contributed by atoms with Crippen LogP contribution in [0.5, 0.6) is 17.2 Å². The molecule has 3 aromatic carbocycles. The Morgan fingerprint density at radius 2 is 1.44 bits per heavy atom. The first-order valence-electron chi connectivity index (χ1n) is 13.4. The fourth-order valence-corrected chi connectivity index (χ4v) is 5.52. The molecule has 7 nitrogen and oxygen atoms in total. The van der Waals surface area contributed by atoms with Crippen molar-refractivity contribution in [1.82, 2.24) is 14.9 Å². The van der Waals surface area contributed by atoms with E-state index < -0.39 is 0 Å². The van der Waals surface area contributed by atoms with E-state index >= 15 is 0 Å². The van der Waals surface area contributed by atoms with Gasteiger partial charge in [-0.2, -0.15) is 0 Å². The first-order chi connectivity index (χ1) is 20.0. The van der Waals surface area contributed by atoms with Crippen LogP contribution in [-0.4, -0.2) is 35.9 Å². The summed E-state index contributed by atoms with van der Waals surface area (Å²) >= 11 is 5.95. The predicted octanol–water partition coefficient (Wildman–Crippen LogP) is 6.92. The number of thiocarbonyl (C=S) groups is 1. The number of benzene rings is 3. The smallest absolute Gasteiger partial charge is 0.174 e. The molecule has 2 atom stereocenters. The van der Waals surface area contributed by atoms with Crippen molar-refractivity contribution in [1.29, 1.82) is 0 Å². The third kappa shape index (κ3) is 5.34. The van der Waals surface area contributed by atoms with Crippen molar-refractivity contribution in [3.8, 4) is 22.9 Å². The number of pyridine rings is 1. The summed E-state index contributed by atoms with van der Waals surface area (Å²) in [6.07, 6.45) is 3.92. The predicted molar refractivity (Wildman–Crippen MR) is 168 cm³/mol. The zero-order chi connectivity index (χ0) is 28.3. The standard InChI is InChI=1S/C33H31N5O2S/c1-36(2)23-9-11-24(12-10-23)37-22-6-8-30(37)32-31(29-7-4-5-21-34-29)35-33(41)38(32)25-13-15-27(16-14-25)40-28-19-17-26(39-3)18-20-28/h4-22,31-32H,1-3H3,(H,35,41)/t31-,32-/m1/s1. The first kappa shape index (κ1) is 26.4. The first-order valence-corrected chi connectivity index (χ1v) is 13.8. The molecule has 6 rings (SSSR count). The lowest BCUT2D eigenvalue weighted by molar-refractivity contribution is 0.413. The van der Waals surface area contributed by atoms with Gasteiger partial charge < -0.3 is 29.2 Å². The Morgan fingerprint density at radius 1 is 0.780 bits per heavy atom. The van der Waals surface area contributed by atoms with E-state index in [9.17, 15) is 0 Å². The van der Waals surface area contributed by atoms with Gasteiger partial charge in [0.25, 0.3) is 0 Å². The molecule has 0 unspecified atom stereocenters. The summed E-state index contributed by atoms with van der Waals surface area (Å²) in [5.74, 6) is 2.26. The Bertz CT molecular complexity index is 1620. The average molecular weight is 562 g/mol. The SMILES string of the molecule is COc1ccc(Oc2ccc(N3C(=S)N[C@H](c4ccccn4)[C@H]3c3cccn3-c3ccc(N(C)C)cc3)cc2)cc1. The quantitative estimate of drug-likeness (QED) is 0.207. The highest BCUT2D eigenvalue weighted by Gasteiger charge is 2.42. The van der Waals surface area contributed by atoms with Gasteiger partial charge in [0.2, 0.25) is 0 Å². The van der Waals surface area contributed by atoms with Gasteiger partial charge >= 0.3 is 0 Å². The number of anilines is 2. The normalized spacial score (nSPS) is 16.4. The average Bonchev–Trinajstić information content (AvgIpc) is 3.63. The molecular formula is C33H31N5O2S. The zero-order valence-corrected chi connectivity index (χ0v) is 24.0. The Kier molecular flexibility index (Phi) is 7.31. The topological polar surface area (TPSA) is 54.8 Å². The van der Waals surface area contributed by atoms with Gasteiger partial charge in [-0.15, -0.1) is 0 Å². The van der Waals surface area contributed by atoms with Crippen molar-refractivity contribution in [3.05, 3.63) is 127 Å². The minimum Gasteiger partial charge on any atom is -0.497 e. The van der Waals surface area contributed by atoms with Crippen LogP contribution < -0.4 is 24.6 Å². The highest BCUT2D eigenvalue weighted by Crippen LogP contribution is 2.42. The highest BCUT2D eigenvalue weighted by atomic mass is 32.1. The van der Waals surface area contributed by atoms with E-state index in [2.05, 4.69) is 62.3 Å². The van der Waals surface area contributed by atoms with Gasteiger partial charge in [-0.25, -0.2) is 0 Å². The van der Waals surface area contributed by atoms with E-state index in [-0.39, 0.29) is 12.1 Å². The molecule has 1 aliphatic heterocycles. The maximum atomic E-state index is 6.08. The molecule has 1 saturated heterocycles. The molecule has 2 aromatic heterocycles. The van der Waals surface area contributed by atoms with E-state index in [4.69, 9.17) is 26.7 Å². The van der Waals surface area contributed by atoms with Gasteiger partial charge in [0.05, 0.1) is 18.8 Å². The molecule has 41 heavy (non-hydrogen) atoms. The summed E-state index contributed by atoms with van der Waals surface area (Å²) in [7, 11) is 5.74. The minimum absolute atomic E-state index is 0.144. The minimum atomic E-state index is -0.145. The Hall–Kier alpha value is -4.82. The van der Waals surface area contributed by atoms with Crippen molar-refractivity contribution in [3.63, 3.8) is 0 Å². The molecule has 0 amide bonds. The molecular weight excluding hydrogens is 530 g/mol. The number of ether oxygens (including phenoxy) is 2.